The minimum absolute atomic E-state index is 0.0557. The van der Waals surface area contributed by atoms with Gasteiger partial charge in [0.25, 0.3) is 0 Å². The van der Waals surface area contributed by atoms with E-state index in [0.717, 1.165) is 18.6 Å². The molecule has 5 nitrogen and oxygen atoms in total. The Kier molecular flexibility index (Phi) is 6.23. The normalized spacial score (nSPS) is 20.2. The molecule has 5 heteroatoms. The van der Waals surface area contributed by atoms with Crippen molar-refractivity contribution in [2.45, 2.75) is 39.2 Å². The monoisotopic (exact) mass is 332 g/mol. The Morgan fingerprint density at radius 2 is 1.96 bits per heavy atom. The Labute approximate surface area is 144 Å². The molecule has 0 heterocycles. The van der Waals surface area contributed by atoms with Crippen LogP contribution in [0.2, 0.25) is 0 Å². The molecule has 24 heavy (non-hydrogen) atoms. The quantitative estimate of drug-likeness (QED) is 0.794. The fourth-order valence-electron chi connectivity index (χ4n) is 2.77. The van der Waals surface area contributed by atoms with Gasteiger partial charge in [-0.1, -0.05) is 19.1 Å². The summed E-state index contributed by atoms with van der Waals surface area (Å²) < 4.78 is 5.15. The van der Waals surface area contributed by atoms with Crippen molar-refractivity contribution in [1.29, 1.82) is 0 Å². The van der Waals surface area contributed by atoms with Crippen molar-refractivity contribution in [2.24, 2.45) is 11.8 Å². The van der Waals surface area contributed by atoms with Crippen LogP contribution in [0.15, 0.2) is 24.3 Å². The van der Waals surface area contributed by atoms with Crippen molar-refractivity contribution < 1.29 is 14.3 Å². The van der Waals surface area contributed by atoms with Crippen molar-refractivity contribution in [1.82, 2.24) is 10.2 Å². The first-order chi connectivity index (χ1) is 11.4. The molecule has 0 radical (unpaired) electrons. The van der Waals surface area contributed by atoms with Crippen LogP contribution in [0.5, 0.6) is 5.75 Å². The van der Waals surface area contributed by atoms with E-state index < -0.39 is 0 Å². The highest BCUT2D eigenvalue weighted by Crippen LogP contribution is 2.37. The lowest BCUT2D eigenvalue weighted by atomic mass is 10.1. The Morgan fingerprint density at radius 1 is 1.33 bits per heavy atom. The maximum Gasteiger partial charge on any atom is 0.224 e. The van der Waals surface area contributed by atoms with Gasteiger partial charge in [-0.3, -0.25) is 9.59 Å². The van der Waals surface area contributed by atoms with Crippen molar-refractivity contribution in [3.63, 3.8) is 0 Å². The molecule has 0 bridgehead atoms. The minimum Gasteiger partial charge on any atom is -0.497 e. The lowest BCUT2D eigenvalue weighted by Gasteiger charge is -2.25. The first-order valence-electron chi connectivity index (χ1n) is 8.58. The topological polar surface area (TPSA) is 58.6 Å². The third-order valence-electron chi connectivity index (χ3n) is 4.83. The number of carbonyl (C=O) groups excluding carboxylic acids is 2. The number of methoxy groups -OCH3 is 1. The van der Waals surface area contributed by atoms with Crippen LogP contribution in [0.1, 0.15) is 32.3 Å². The number of benzene rings is 1. The van der Waals surface area contributed by atoms with Gasteiger partial charge in [-0.05, 0) is 43.4 Å². The fourth-order valence-corrected chi connectivity index (χ4v) is 2.77. The van der Waals surface area contributed by atoms with E-state index in [1.807, 2.05) is 38.2 Å². The highest BCUT2D eigenvalue weighted by Gasteiger charge is 2.38. The predicted molar refractivity (Wildman–Crippen MR) is 93.8 cm³/mol. The number of likely N-dealkylation sites (N-methyl/N-ethyl adjacent to an activating group) is 1. The Bertz CT molecular complexity index is 570. The lowest BCUT2D eigenvalue weighted by molar-refractivity contribution is -0.131. The highest BCUT2D eigenvalue weighted by atomic mass is 16.5. The molecule has 0 unspecified atom stereocenters. The van der Waals surface area contributed by atoms with Gasteiger partial charge in [-0.2, -0.15) is 0 Å². The SMILES string of the molecule is COc1ccc(C[C@H](C)N(C)C(=O)CCNC(=O)[C@@H]2C[C@@H]2C)cc1. The van der Waals surface area contributed by atoms with Crippen LogP contribution < -0.4 is 10.1 Å². The number of nitrogens with one attached hydrogen (secondary N) is 1. The summed E-state index contributed by atoms with van der Waals surface area (Å²) in [6.45, 7) is 4.52. The van der Waals surface area contributed by atoms with E-state index in [1.54, 1.807) is 12.0 Å². The summed E-state index contributed by atoms with van der Waals surface area (Å²) in [6.07, 6.45) is 2.10. The molecular weight excluding hydrogens is 304 g/mol. The average molecular weight is 332 g/mol. The third-order valence-corrected chi connectivity index (χ3v) is 4.83. The summed E-state index contributed by atoms with van der Waals surface area (Å²) in [5.41, 5.74) is 1.17. The highest BCUT2D eigenvalue weighted by molar-refractivity contribution is 5.82. The number of ether oxygens (including phenoxy) is 1. The summed E-state index contributed by atoms with van der Waals surface area (Å²) in [6, 6.07) is 8.00. The van der Waals surface area contributed by atoms with Crippen LogP contribution in [0.25, 0.3) is 0 Å². The maximum atomic E-state index is 12.3. The van der Waals surface area contributed by atoms with Gasteiger partial charge in [-0.15, -0.1) is 0 Å². The van der Waals surface area contributed by atoms with Gasteiger partial charge >= 0.3 is 0 Å². The minimum atomic E-state index is 0.0557. The Hall–Kier alpha value is -2.04. The zero-order valence-electron chi connectivity index (χ0n) is 15.0. The van der Waals surface area contributed by atoms with Gasteiger partial charge in [0.2, 0.25) is 11.8 Å². The number of hydrogen-bond donors (Lipinski definition) is 1. The molecule has 1 fully saturated rings. The van der Waals surface area contributed by atoms with Crippen LogP contribution in [-0.4, -0.2) is 43.5 Å². The lowest BCUT2D eigenvalue weighted by Crippen LogP contribution is -2.38. The first-order valence-corrected chi connectivity index (χ1v) is 8.58. The molecule has 0 spiro atoms. The number of carbonyl (C=O) groups is 2. The van der Waals surface area contributed by atoms with Crippen molar-refractivity contribution in [3.8, 4) is 5.75 Å². The molecule has 1 N–H and O–H groups in total. The predicted octanol–water partition coefficient (Wildman–Crippen LogP) is 2.25. The molecule has 3 atom stereocenters. The average Bonchev–Trinajstić information content (AvgIpc) is 3.31. The summed E-state index contributed by atoms with van der Waals surface area (Å²) in [7, 11) is 3.47. The van der Waals surface area contributed by atoms with Crippen molar-refractivity contribution >= 4 is 11.8 Å². The summed E-state index contributed by atoms with van der Waals surface area (Å²) in [5.74, 6) is 1.63. The van der Waals surface area contributed by atoms with Gasteiger partial charge < -0.3 is 15.0 Å². The molecule has 0 aliphatic heterocycles. The summed E-state index contributed by atoms with van der Waals surface area (Å²) in [4.78, 5) is 25.8. The van der Waals surface area contributed by atoms with Crippen LogP contribution >= 0.6 is 0 Å². The van der Waals surface area contributed by atoms with Crippen LogP contribution in [0.4, 0.5) is 0 Å². The number of amides is 2. The van der Waals surface area contributed by atoms with Gasteiger partial charge in [0.15, 0.2) is 0 Å². The van der Waals surface area contributed by atoms with E-state index in [2.05, 4.69) is 12.2 Å². The Morgan fingerprint density at radius 3 is 2.50 bits per heavy atom. The summed E-state index contributed by atoms with van der Waals surface area (Å²) >= 11 is 0. The van der Waals surface area contributed by atoms with E-state index in [-0.39, 0.29) is 23.8 Å². The number of rotatable bonds is 8. The van der Waals surface area contributed by atoms with Gasteiger partial charge in [0, 0.05) is 32.0 Å². The molecule has 0 saturated heterocycles. The summed E-state index contributed by atoms with van der Waals surface area (Å²) in [5, 5.41) is 2.86. The van der Waals surface area contributed by atoms with Gasteiger partial charge in [0.05, 0.1) is 7.11 Å². The molecule has 0 aromatic heterocycles. The van der Waals surface area contributed by atoms with Gasteiger partial charge in [-0.25, -0.2) is 0 Å². The molecule has 2 rings (SSSR count). The first kappa shape index (κ1) is 18.3. The molecule has 132 valence electrons. The number of nitrogens with zero attached hydrogens (tertiary/aromatic N) is 1. The fraction of sp³-hybridized carbons (Fsp3) is 0.579. The van der Waals surface area contributed by atoms with Crippen molar-refractivity contribution in [3.05, 3.63) is 29.8 Å². The third kappa shape index (κ3) is 4.98. The van der Waals surface area contributed by atoms with E-state index in [9.17, 15) is 9.59 Å². The van der Waals surface area contributed by atoms with E-state index in [0.29, 0.717) is 18.9 Å². The van der Waals surface area contributed by atoms with E-state index in [1.165, 1.54) is 5.56 Å². The molecule has 2 amide bonds. The standard InChI is InChI=1S/C19H28N2O3/c1-13-11-17(13)19(23)20-10-9-18(22)21(3)14(2)12-15-5-7-16(24-4)8-6-15/h5-8,13-14,17H,9-12H2,1-4H3,(H,20,23)/t13-,14-,17+/m0/s1. The van der Waals surface area contributed by atoms with E-state index >= 15 is 0 Å². The molecular formula is C19H28N2O3. The zero-order valence-corrected chi connectivity index (χ0v) is 15.0. The van der Waals surface area contributed by atoms with Crippen LogP contribution in [0, 0.1) is 11.8 Å². The second-order valence-corrected chi connectivity index (χ2v) is 6.77. The smallest absolute Gasteiger partial charge is 0.224 e. The van der Waals surface area contributed by atoms with Crippen molar-refractivity contribution in [2.75, 3.05) is 20.7 Å². The second kappa shape index (κ2) is 8.18. The van der Waals surface area contributed by atoms with Gasteiger partial charge in [0.1, 0.15) is 5.75 Å². The largest absolute Gasteiger partial charge is 0.497 e. The molecule has 1 aliphatic rings. The molecule has 1 aliphatic carbocycles. The number of hydrogen-bond acceptors (Lipinski definition) is 3. The molecule has 1 aromatic carbocycles. The Balaban J connectivity index is 1.73. The van der Waals surface area contributed by atoms with Crippen LogP contribution in [-0.2, 0) is 16.0 Å². The maximum absolute atomic E-state index is 12.3. The molecule has 1 saturated carbocycles. The molecule has 1 aromatic rings. The van der Waals surface area contributed by atoms with E-state index in [4.69, 9.17) is 4.74 Å². The van der Waals surface area contributed by atoms with Crippen LogP contribution in [0.3, 0.4) is 0 Å². The zero-order chi connectivity index (χ0) is 17.7. The second-order valence-electron chi connectivity index (χ2n) is 6.77.